The van der Waals surface area contributed by atoms with E-state index in [9.17, 15) is 4.79 Å². The van der Waals surface area contributed by atoms with E-state index >= 15 is 0 Å². The first-order chi connectivity index (χ1) is 8.66. The normalized spacial score (nSPS) is 10.1. The van der Waals surface area contributed by atoms with Gasteiger partial charge in [0.25, 0.3) is 5.91 Å². The molecule has 3 nitrogen and oxygen atoms in total. The van der Waals surface area contributed by atoms with Gasteiger partial charge in [0.2, 0.25) is 0 Å². The van der Waals surface area contributed by atoms with Gasteiger partial charge in [-0.15, -0.1) is 0 Å². The third-order valence-electron chi connectivity index (χ3n) is 2.58. The summed E-state index contributed by atoms with van der Waals surface area (Å²) in [5, 5.41) is 0.678. The summed E-state index contributed by atoms with van der Waals surface area (Å²) in [7, 11) is 1.77. The summed E-state index contributed by atoms with van der Waals surface area (Å²) in [6.45, 7) is 0.529. The molecule has 0 radical (unpaired) electrons. The number of hydrogen-bond donors (Lipinski definition) is 0. The van der Waals surface area contributed by atoms with Crippen LogP contribution in [-0.2, 0) is 6.54 Å². The zero-order valence-corrected chi connectivity index (χ0v) is 10.8. The smallest absolute Gasteiger partial charge is 0.254 e. The van der Waals surface area contributed by atoms with E-state index in [1.54, 1.807) is 36.5 Å². The van der Waals surface area contributed by atoms with Crippen LogP contribution in [0, 0.1) is 0 Å². The minimum atomic E-state index is -0.0302. The van der Waals surface area contributed by atoms with E-state index < -0.39 is 0 Å². The van der Waals surface area contributed by atoms with Gasteiger partial charge in [-0.3, -0.25) is 9.78 Å². The topological polar surface area (TPSA) is 33.2 Å². The van der Waals surface area contributed by atoms with Crippen LogP contribution < -0.4 is 0 Å². The van der Waals surface area contributed by atoms with Gasteiger partial charge in [0.05, 0.1) is 0 Å². The van der Waals surface area contributed by atoms with Crippen molar-refractivity contribution in [2.45, 2.75) is 6.54 Å². The Balaban J connectivity index is 2.09. The van der Waals surface area contributed by atoms with Crippen LogP contribution in [0.3, 0.4) is 0 Å². The standard InChI is InChI=1S/C14H13ClN2O/c1-17(10-11-3-2-4-13(15)9-11)14(18)12-5-7-16-8-6-12/h2-9H,10H2,1H3. The van der Waals surface area contributed by atoms with Gasteiger partial charge in [0.1, 0.15) is 0 Å². The van der Waals surface area contributed by atoms with Crippen molar-refractivity contribution in [3.05, 3.63) is 64.9 Å². The highest BCUT2D eigenvalue weighted by Crippen LogP contribution is 2.13. The molecule has 2 rings (SSSR count). The maximum atomic E-state index is 12.1. The van der Waals surface area contributed by atoms with Crippen LogP contribution in [-0.4, -0.2) is 22.8 Å². The summed E-state index contributed by atoms with van der Waals surface area (Å²) in [5.74, 6) is -0.0302. The second-order valence-corrected chi connectivity index (χ2v) is 4.46. The molecule has 0 saturated carbocycles. The lowest BCUT2D eigenvalue weighted by molar-refractivity contribution is 0.0785. The van der Waals surface area contributed by atoms with Gasteiger partial charge in [0.15, 0.2) is 0 Å². The molecule has 4 heteroatoms. The molecular formula is C14H13ClN2O. The summed E-state index contributed by atoms with van der Waals surface area (Å²) in [5.41, 5.74) is 1.64. The number of pyridine rings is 1. The van der Waals surface area contributed by atoms with Gasteiger partial charge >= 0.3 is 0 Å². The Morgan fingerprint density at radius 3 is 2.67 bits per heavy atom. The Hall–Kier alpha value is -1.87. The molecule has 1 amide bonds. The highest BCUT2D eigenvalue weighted by molar-refractivity contribution is 6.30. The summed E-state index contributed by atoms with van der Waals surface area (Å²) in [6.07, 6.45) is 3.22. The van der Waals surface area contributed by atoms with E-state index in [2.05, 4.69) is 4.98 Å². The zero-order chi connectivity index (χ0) is 13.0. The van der Waals surface area contributed by atoms with E-state index in [-0.39, 0.29) is 5.91 Å². The highest BCUT2D eigenvalue weighted by Gasteiger charge is 2.11. The van der Waals surface area contributed by atoms with Crippen LogP contribution in [0.1, 0.15) is 15.9 Å². The van der Waals surface area contributed by atoms with Crippen molar-refractivity contribution in [1.82, 2.24) is 9.88 Å². The van der Waals surface area contributed by atoms with Gasteiger partial charge in [-0.1, -0.05) is 23.7 Å². The molecule has 0 fully saturated rings. The van der Waals surface area contributed by atoms with E-state index in [1.165, 1.54) is 0 Å². The van der Waals surface area contributed by atoms with Crippen molar-refractivity contribution in [1.29, 1.82) is 0 Å². The monoisotopic (exact) mass is 260 g/mol. The van der Waals surface area contributed by atoms with Crippen LogP contribution in [0.5, 0.6) is 0 Å². The Morgan fingerprint density at radius 1 is 1.28 bits per heavy atom. The number of hydrogen-bond acceptors (Lipinski definition) is 2. The molecule has 0 N–H and O–H groups in total. The number of halogens is 1. The number of carbonyl (C=O) groups is 1. The quantitative estimate of drug-likeness (QED) is 0.850. The lowest BCUT2D eigenvalue weighted by Crippen LogP contribution is -2.26. The number of amides is 1. The van der Waals surface area contributed by atoms with E-state index in [1.807, 2.05) is 24.3 Å². The first-order valence-electron chi connectivity index (χ1n) is 5.57. The predicted octanol–water partition coefficient (Wildman–Crippen LogP) is 3.01. The van der Waals surface area contributed by atoms with E-state index in [0.29, 0.717) is 17.1 Å². The maximum Gasteiger partial charge on any atom is 0.254 e. The van der Waals surface area contributed by atoms with Gasteiger partial charge in [-0.05, 0) is 29.8 Å². The third kappa shape index (κ3) is 3.08. The van der Waals surface area contributed by atoms with Gasteiger partial charge < -0.3 is 4.90 Å². The highest BCUT2D eigenvalue weighted by atomic mass is 35.5. The molecule has 0 atom stereocenters. The van der Waals surface area contributed by atoms with Crippen molar-refractivity contribution in [2.24, 2.45) is 0 Å². The molecule has 2 aromatic rings. The summed E-state index contributed by atoms with van der Waals surface area (Å²) < 4.78 is 0. The van der Waals surface area contributed by atoms with Crippen LogP contribution >= 0.6 is 11.6 Å². The van der Waals surface area contributed by atoms with Crippen LogP contribution in [0.25, 0.3) is 0 Å². The fraction of sp³-hybridized carbons (Fsp3) is 0.143. The number of aromatic nitrogens is 1. The molecule has 92 valence electrons. The first-order valence-corrected chi connectivity index (χ1v) is 5.94. The van der Waals surface area contributed by atoms with Crippen LogP contribution in [0.2, 0.25) is 5.02 Å². The van der Waals surface area contributed by atoms with Crippen LogP contribution in [0.15, 0.2) is 48.8 Å². The third-order valence-corrected chi connectivity index (χ3v) is 2.82. The Kier molecular flexibility index (Phi) is 3.95. The Morgan fingerprint density at radius 2 is 2.00 bits per heavy atom. The summed E-state index contributed by atoms with van der Waals surface area (Å²) in [4.78, 5) is 17.6. The fourth-order valence-corrected chi connectivity index (χ4v) is 1.91. The Labute approximate surface area is 111 Å². The molecular weight excluding hydrogens is 248 g/mol. The largest absolute Gasteiger partial charge is 0.337 e. The fourth-order valence-electron chi connectivity index (χ4n) is 1.70. The SMILES string of the molecule is CN(Cc1cccc(Cl)c1)C(=O)c1ccncc1. The van der Waals surface area contributed by atoms with Gasteiger partial charge in [-0.25, -0.2) is 0 Å². The second-order valence-electron chi connectivity index (χ2n) is 4.03. The molecule has 0 aliphatic carbocycles. The number of benzene rings is 1. The molecule has 1 aromatic heterocycles. The molecule has 18 heavy (non-hydrogen) atoms. The minimum absolute atomic E-state index is 0.0302. The number of nitrogens with zero attached hydrogens (tertiary/aromatic N) is 2. The maximum absolute atomic E-state index is 12.1. The molecule has 0 aliphatic rings. The van der Waals surface area contributed by atoms with E-state index in [0.717, 1.165) is 5.56 Å². The predicted molar refractivity (Wildman–Crippen MR) is 71.5 cm³/mol. The van der Waals surface area contributed by atoms with Gasteiger partial charge in [-0.2, -0.15) is 0 Å². The first kappa shape index (κ1) is 12.6. The van der Waals surface area contributed by atoms with Gasteiger partial charge in [0, 0.05) is 36.6 Å². The molecule has 0 bridgehead atoms. The average Bonchev–Trinajstić information content (AvgIpc) is 2.39. The number of carbonyl (C=O) groups excluding carboxylic acids is 1. The molecule has 0 saturated heterocycles. The lowest BCUT2D eigenvalue weighted by atomic mass is 10.2. The molecule has 0 aliphatic heterocycles. The van der Waals surface area contributed by atoms with Crippen molar-refractivity contribution in [3.63, 3.8) is 0 Å². The molecule has 1 heterocycles. The summed E-state index contributed by atoms with van der Waals surface area (Å²) in [6, 6.07) is 10.9. The van der Waals surface area contributed by atoms with Crippen molar-refractivity contribution >= 4 is 17.5 Å². The summed E-state index contributed by atoms with van der Waals surface area (Å²) >= 11 is 5.91. The van der Waals surface area contributed by atoms with E-state index in [4.69, 9.17) is 11.6 Å². The average molecular weight is 261 g/mol. The molecule has 1 aromatic carbocycles. The van der Waals surface area contributed by atoms with Crippen molar-refractivity contribution in [3.8, 4) is 0 Å². The minimum Gasteiger partial charge on any atom is -0.337 e. The Bertz CT molecular complexity index is 543. The number of rotatable bonds is 3. The van der Waals surface area contributed by atoms with Crippen molar-refractivity contribution in [2.75, 3.05) is 7.05 Å². The molecule has 0 spiro atoms. The molecule has 0 unspecified atom stereocenters. The second kappa shape index (κ2) is 5.65. The zero-order valence-electron chi connectivity index (χ0n) is 10.0. The van der Waals surface area contributed by atoms with Crippen molar-refractivity contribution < 1.29 is 4.79 Å². The lowest BCUT2D eigenvalue weighted by Gasteiger charge is -2.17. The van der Waals surface area contributed by atoms with Crippen LogP contribution in [0.4, 0.5) is 0 Å².